The third-order valence-electron chi connectivity index (χ3n) is 9.30. The van der Waals surface area contributed by atoms with Gasteiger partial charge in [-0.3, -0.25) is 13.8 Å². The summed E-state index contributed by atoms with van der Waals surface area (Å²) in [6.45, 7) is 4.73. The highest BCUT2D eigenvalue weighted by atomic mass is 31.2. The van der Waals surface area contributed by atoms with Crippen LogP contribution in [0, 0.1) is 0 Å². The Morgan fingerprint density at radius 3 is 1.47 bits per heavy atom. The molecular weight excluding hydrogens is 746 g/mol. The molecule has 0 aliphatic carbocycles. The van der Waals surface area contributed by atoms with Gasteiger partial charge >= 0.3 is 13.8 Å². The molecule has 0 heterocycles. The molecule has 0 aromatic carbocycles. The van der Waals surface area contributed by atoms with Gasteiger partial charge in [0.05, 0.1) is 19.8 Å². The van der Waals surface area contributed by atoms with E-state index in [0.717, 1.165) is 64.2 Å². The van der Waals surface area contributed by atoms with Gasteiger partial charge in [0.1, 0.15) is 6.10 Å². The lowest BCUT2D eigenvalue weighted by Crippen LogP contribution is -2.28. The van der Waals surface area contributed by atoms with Crippen molar-refractivity contribution in [2.24, 2.45) is 5.73 Å². The Kier molecular flexibility index (Phi) is 43.9. The SMILES string of the molecule is CC/C=C\C/C=C\C/C=C\C/C=C\C/C=C\C/C=C\CCCCC(=O)OC(COCCCCCCCCCC/C=C\CCCCCCCC)COP(=O)(O)OCCN. The zero-order valence-electron chi connectivity index (χ0n) is 37.0. The van der Waals surface area contributed by atoms with E-state index in [1.165, 1.54) is 89.9 Å². The topological polar surface area (TPSA) is 117 Å². The Labute approximate surface area is 356 Å². The van der Waals surface area contributed by atoms with E-state index in [0.29, 0.717) is 13.0 Å². The molecule has 0 radical (unpaired) electrons. The Bertz CT molecular complexity index is 1160. The van der Waals surface area contributed by atoms with Crippen LogP contribution in [0.3, 0.4) is 0 Å². The monoisotopic (exact) mass is 832 g/mol. The Hall–Kier alpha value is -2.32. The second kappa shape index (κ2) is 45.8. The van der Waals surface area contributed by atoms with Crippen molar-refractivity contribution >= 4 is 13.8 Å². The maximum atomic E-state index is 12.6. The van der Waals surface area contributed by atoms with Crippen molar-refractivity contribution in [1.29, 1.82) is 0 Å². The summed E-state index contributed by atoms with van der Waals surface area (Å²) in [7, 11) is -4.30. The lowest BCUT2D eigenvalue weighted by molar-refractivity contribution is -0.154. The second-order valence-electron chi connectivity index (χ2n) is 14.9. The Balaban J connectivity index is 4.12. The lowest BCUT2D eigenvalue weighted by atomic mass is 10.1. The third kappa shape index (κ3) is 44.8. The van der Waals surface area contributed by atoms with E-state index in [-0.39, 0.29) is 38.8 Å². The molecule has 0 aromatic heterocycles. The fourth-order valence-electron chi connectivity index (χ4n) is 5.93. The van der Waals surface area contributed by atoms with Crippen LogP contribution in [0.4, 0.5) is 0 Å². The molecule has 334 valence electrons. The highest BCUT2D eigenvalue weighted by molar-refractivity contribution is 7.47. The number of carbonyl (C=O) groups excluding carboxylic acids is 1. The van der Waals surface area contributed by atoms with E-state index < -0.39 is 13.9 Å². The molecule has 2 atom stereocenters. The zero-order valence-corrected chi connectivity index (χ0v) is 37.9. The summed E-state index contributed by atoms with van der Waals surface area (Å²) in [6, 6.07) is 0. The number of allylic oxidation sites excluding steroid dienone is 14. The van der Waals surface area contributed by atoms with Crippen LogP contribution < -0.4 is 5.73 Å². The maximum Gasteiger partial charge on any atom is 0.472 e. The molecule has 58 heavy (non-hydrogen) atoms. The number of nitrogens with two attached hydrogens (primary N) is 1. The molecule has 8 nitrogen and oxygen atoms in total. The normalized spacial score (nSPS) is 14.2. The number of phosphoric ester groups is 1. The van der Waals surface area contributed by atoms with Gasteiger partial charge in [0, 0.05) is 19.6 Å². The van der Waals surface area contributed by atoms with Crippen LogP contribution in [0.25, 0.3) is 0 Å². The number of carbonyl (C=O) groups is 1. The molecule has 0 rings (SSSR count). The van der Waals surface area contributed by atoms with Gasteiger partial charge in [-0.25, -0.2) is 4.57 Å². The van der Waals surface area contributed by atoms with Gasteiger partial charge in [-0.2, -0.15) is 0 Å². The minimum absolute atomic E-state index is 0.0883. The van der Waals surface area contributed by atoms with Crippen molar-refractivity contribution in [2.45, 2.75) is 187 Å². The van der Waals surface area contributed by atoms with Gasteiger partial charge in [0.2, 0.25) is 0 Å². The van der Waals surface area contributed by atoms with Crippen LogP contribution in [0.1, 0.15) is 181 Å². The fourth-order valence-corrected chi connectivity index (χ4v) is 6.70. The third-order valence-corrected chi connectivity index (χ3v) is 10.3. The average molecular weight is 832 g/mol. The molecule has 0 saturated carbocycles. The number of hydrogen-bond acceptors (Lipinski definition) is 7. The molecule has 0 spiro atoms. The van der Waals surface area contributed by atoms with Crippen LogP contribution in [-0.2, 0) is 27.9 Å². The smallest absolute Gasteiger partial charge is 0.457 e. The van der Waals surface area contributed by atoms with Gasteiger partial charge < -0.3 is 20.1 Å². The van der Waals surface area contributed by atoms with Crippen molar-refractivity contribution in [1.82, 2.24) is 0 Å². The zero-order chi connectivity index (χ0) is 42.3. The van der Waals surface area contributed by atoms with Crippen molar-refractivity contribution in [3.05, 3.63) is 85.1 Å². The van der Waals surface area contributed by atoms with Gasteiger partial charge in [-0.15, -0.1) is 0 Å². The van der Waals surface area contributed by atoms with Gasteiger partial charge in [-0.05, 0) is 89.9 Å². The molecule has 0 fully saturated rings. The number of hydrogen-bond donors (Lipinski definition) is 2. The van der Waals surface area contributed by atoms with Crippen LogP contribution in [0.5, 0.6) is 0 Å². The quantitative estimate of drug-likeness (QED) is 0.0270. The molecule has 0 bridgehead atoms. The molecule has 3 N–H and O–H groups in total. The predicted molar refractivity (Wildman–Crippen MR) is 247 cm³/mol. The summed E-state index contributed by atoms with van der Waals surface area (Å²) in [4.78, 5) is 22.5. The molecule has 0 saturated heterocycles. The van der Waals surface area contributed by atoms with Crippen molar-refractivity contribution in [3.63, 3.8) is 0 Å². The first kappa shape index (κ1) is 55.7. The molecule has 0 aliphatic rings. The molecule has 9 heteroatoms. The summed E-state index contributed by atoms with van der Waals surface area (Å²) in [5.74, 6) is -0.375. The van der Waals surface area contributed by atoms with Gasteiger partial charge in [0.25, 0.3) is 0 Å². The largest absolute Gasteiger partial charge is 0.472 e. The average Bonchev–Trinajstić information content (AvgIpc) is 3.21. The first-order valence-electron chi connectivity index (χ1n) is 23.1. The summed E-state index contributed by atoms with van der Waals surface area (Å²) in [5.41, 5.74) is 5.37. The lowest BCUT2D eigenvalue weighted by Gasteiger charge is -2.20. The number of ether oxygens (including phenoxy) is 2. The minimum Gasteiger partial charge on any atom is -0.457 e. The number of phosphoric acid groups is 1. The molecule has 0 aliphatic heterocycles. The van der Waals surface area contributed by atoms with E-state index in [9.17, 15) is 14.3 Å². The van der Waals surface area contributed by atoms with Crippen molar-refractivity contribution < 1.29 is 32.8 Å². The first-order chi connectivity index (χ1) is 28.4. The summed E-state index contributed by atoms with van der Waals surface area (Å²) >= 11 is 0. The number of unbranched alkanes of at least 4 members (excludes halogenated alkanes) is 16. The summed E-state index contributed by atoms with van der Waals surface area (Å²) < 4.78 is 33.4. The Morgan fingerprint density at radius 1 is 0.534 bits per heavy atom. The predicted octanol–water partition coefficient (Wildman–Crippen LogP) is 14.1. The van der Waals surface area contributed by atoms with E-state index in [2.05, 4.69) is 98.9 Å². The first-order valence-corrected chi connectivity index (χ1v) is 24.6. The van der Waals surface area contributed by atoms with Crippen molar-refractivity contribution in [3.8, 4) is 0 Å². The molecule has 2 unspecified atom stereocenters. The Morgan fingerprint density at radius 2 is 0.966 bits per heavy atom. The minimum atomic E-state index is -4.30. The van der Waals surface area contributed by atoms with Crippen molar-refractivity contribution in [2.75, 3.05) is 33.0 Å². The highest BCUT2D eigenvalue weighted by Crippen LogP contribution is 2.43. The standard InChI is InChI=1S/C49H86NO7P/c1-3-5-7-9-11-13-15-17-19-21-23-24-25-26-28-30-32-34-36-38-40-42-49(51)57-48(47-56-58(52,53)55-45-43-50)46-54-44-41-39-37-35-33-31-29-27-22-20-18-16-14-12-10-8-6-4-2/h5,7,11,13,17-20,23-24,26,28,32,34,48H,3-4,6,8-10,12,14-16,21-22,25,27,29-31,33,35-47,50H2,1-2H3,(H,52,53)/b7-5-,13-11-,19-17-,20-18-,24-23-,28-26-,34-32-. The maximum absolute atomic E-state index is 12.6. The van der Waals surface area contributed by atoms with E-state index >= 15 is 0 Å². The van der Waals surface area contributed by atoms with Crippen LogP contribution >= 0.6 is 7.82 Å². The number of rotatable bonds is 43. The second-order valence-corrected chi connectivity index (χ2v) is 16.3. The summed E-state index contributed by atoms with van der Waals surface area (Å²) in [5, 5.41) is 0. The fraction of sp³-hybridized carbons (Fsp3) is 0.694. The highest BCUT2D eigenvalue weighted by Gasteiger charge is 2.25. The van der Waals surface area contributed by atoms with E-state index in [1.54, 1.807) is 0 Å². The van der Waals surface area contributed by atoms with E-state index in [1.807, 2.05) is 0 Å². The van der Waals surface area contributed by atoms with Gasteiger partial charge in [0.15, 0.2) is 0 Å². The molecule has 0 amide bonds. The van der Waals surface area contributed by atoms with Crippen LogP contribution in [0.15, 0.2) is 85.1 Å². The molecular formula is C49H86NO7P. The molecule has 0 aromatic rings. The van der Waals surface area contributed by atoms with E-state index in [4.69, 9.17) is 24.3 Å². The number of esters is 1. The summed E-state index contributed by atoms with van der Waals surface area (Å²) in [6.07, 6.45) is 58.9. The van der Waals surface area contributed by atoms with Gasteiger partial charge in [-0.1, -0.05) is 170 Å². The van der Waals surface area contributed by atoms with Crippen LogP contribution in [-0.4, -0.2) is 49.9 Å². The van der Waals surface area contributed by atoms with Crippen LogP contribution in [0.2, 0.25) is 0 Å².